The minimum absolute atomic E-state index is 0.000893. The Morgan fingerprint density at radius 3 is 2.07 bits per heavy atom. The Labute approximate surface area is 168 Å². The Morgan fingerprint density at radius 2 is 1.50 bits per heavy atom. The molecule has 1 aliphatic heterocycles. The van der Waals surface area contributed by atoms with Crippen LogP contribution in [0.5, 0.6) is 0 Å². The molecule has 0 bridgehead atoms. The van der Waals surface area contributed by atoms with Gasteiger partial charge in [0.15, 0.2) is 0 Å². The number of hydrogen-bond acceptors (Lipinski definition) is 3. The summed E-state index contributed by atoms with van der Waals surface area (Å²) in [7, 11) is -3.37. The number of rotatable bonds is 6. The number of carbonyl (C=O) groups excluding carboxylic acids is 1. The van der Waals surface area contributed by atoms with Gasteiger partial charge in [-0.1, -0.05) is 56.3 Å². The van der Waals surface area contributed by atoms with Crippen molar-refractivity contribution >= 4 is 15.9 Å². The minimum atomic E-state index is -3.37. The molecule has 1 heterocycles. The molecule has 1 fully saturated rings. The van der Waals surface area contributed by atoms with Crippen molar-refractivity contribution in [2.45, 2.75) is 26.0 Å². The maximum absolute atomic E-state index is 12.7. The summed E-state index contributed by atoms with van der Waals surface area (Å²) in [6.45, 7) is 5.86. The van der Waals surface area contributed by atoms with Crippen LogP contribution in [0.1, 0.15) is 35.3 Å². The third-order valence-corrected chi connectivity index (χ3v) is 6.81. The molecule has 2 aromatic carbocycles. The molecular weight excluding hydrogens is 372 g/mol. The first-order valence-corrected chi connectivity index (χ1v) is 11.4. The van der Waals surface area contributed by atoms with Gasteiger partial charge in [-0.05, 0) is 35.6 Å². The molecule has 5 nitrogen and oxygen atoms in total. The van der Waals surface area contributed by atoms with Crippen molar-refractivity contribution in [3.8, 4) is 0 Å². The lowest BCUT2D eigenvalue weighted by Crippen LogP contribution is -2.50. The number of carbonyl (C=O) groups is 1. The Balaban J connectivity index is 1.58. The first-order valence-electron chi connectivity index (χ1n) is 9.75. The van der Waals surface area contributed by atoms with Gasteiger partial charge in [0.2, 0.25) is 10.0 Å². The van der Waals surface area contributed by atoms with E-state index >= 15 is 0 Å². The van der Waals surface area contributed by atoms with E-state index in [1.165, 1.54) is 9.87 Å². The van der Waals surface area contributed by atoms with Crippen LogP contribution >= 0.6 is 0 Å². The van der Waals surface area contributed by atoms with Gasteiger partial charge >= 0.3 is 0 Å². The summed E-state index contributed by atoms with van der Waals surface area (Å²) in [4.78, 5) is 14.5. The van der Waals surface area contributed by atoms with Gasteiger partial charge in [-0.25, -0.2) is 8.42 Å². The molecule has 0 aliphatic carbocycles. The van der Waals surface area contributed by atoms with Gasteiger partial charge in [0.25, 0.3) is 5.91 Å². The Kier molecular flexibility index (Phi) is 6.52. The molecule has 6 heteroatoms. The van der Waals surface area contributed by atoms with Crippen molar-refractivity contribution in [3.05, 3.63) is 71.3 Å². The second kappa shape index (κ2) is 8.88. The second-order valence-corrected chi connectivity index (χ2v) is 9.70. The second-order valence-electron chi connectivity index (χ2n) is 7.73. The molecule has 0 aromatic heterocycles. The van der Waals surface area contributed by atoms with Crippen LogP contribution in [0.2, 0.25) is 0 Å². The average molecular weight is 401 g/mol. The predicted octanol–water partition coefficient (Wildman–Crippen LogP) is 3.17. The van der Waals surface area contributed by atoms with Gasteiger partial charge in [-0.2, -0.15) is 4.31 Å². The summed E-state index contributed by atoms with van der Waals surface area (Å²) in [6.07, 6.45) is 0.992. The highest BCUT2D eigenvalue weighted by atomic mass is 32.2. The van der Waals surface area contributed by atoms with Crippen LogP contribution < -0.4 is 0 Å². The van der Waals surface area contributed by atoms with Gasteiger partial charge in [0.1, 0.15) is 0 Å². The Hall–Kier alpha value is -2.18. The molecule has 0 N–H and O–H groups in total. The van der Waals surface area contributed by atoms with Crippen LogP contribution in [0.15, 0.2) is 54.6 Å². The number of hydrogen-bond donors (Lipinski definition) is 0. The van der Waals surface area contributed by atoms with Crippen LogP contribution in [-0.2, 0) is 22.2 Å². The van der Waals surface area contributed by atoms with Crippen molar-refractivity contribution in [1.29, 1.82) is 0 Å². The van der Waals surface area contributed by atoms with E-state index in [1.54, 1.807) is 4.90 Å². The molecule has 28 heavy (non-hydrogen) atoms. The van der Waals surface area contributed by atoms with Gasteiger partial charge in [-0.3, -0.25) is 4.79 Å². The van der Waals surface area contributed by atoms with Crippen LogP contribution in [0.25, 0.3) is 0 Å². The molecule has 1 saturated heterocycles. The molecule has 0 radical (unpaired) electrons. The molecule has 3 rings (SSSR count). The molecule has 0 unspecified atom stereocenters. The quantitative estimate of drug-likeness (QED) is 0.748. The van der Waals surface area contributed by atoms with E-state index in [9.17, 15) is 13.2 Å². The molecule has 1 aliphatic rings. The van der Waals surface area contributed by atoms with Gasteiger partial charge in [0, 0.05) is 31.7 Å². The van der Waals surface area contributed by atoms with Crippen molar-refractivity contribution in [1.82, 2.24) is 9.21 Å². The minimum Gasteiger partial charge on any atom is -0.336 e. The van der Waals surface area contributed by atoms with E-state index in [0.29, 0.717) is 37.7 Å². The lowest BCUT2D eigenvalue weighted by atomic mass is 10.0. The van der Waals surface area contributed by atoms with Crippen LogP contribution in [0.4, 0.5) is 0 Å². The molecule has 0 saturated carbocycles. The van der Waals surface area contributed by atoms with Crippen molar-refractivity contribution in [2.75, 3.05) is 26.2 Å². The summed E-state index contributed by atoms with van der Waals surface area (Å²) in [5.74, 6) is 0.544. The predicted molar refractivity (Wildman–Crippen MR) is 112 cm³/mol. The number of benzene rings is 2. The highest BCUT2D eigenvalue weighted by Gasteiger charge is 2.29. The monoisotopic (exact) mass is 400 g/mol. The maximum atomic E-state index is 12.7. The summed E-state index contributed by atoms with van der Waals surface area (Å²) in [5.41, 5.74) is 2.67. The van der Waals surface area contributed by atoms with E-state index < -0.39 is 10.0 Å². The summed E-state index contributed by atoms with van der Waals surface area (Å²) in [6, 6.07) is 17.0. The lowest BCUT2D eigenvalue weighted by Gasteiger charge is -2.34. The zero-order valence-corrected chi connectivity index (χ0v) is 17.4. The topological polar surface area (TPSA) is 57.7 Å². The van der Waals surface area contributed by atoms with Crippen LogP contribution in [-0.4, -0.2) is 49.7 Å². The lowest BCUT2D eigenvalue weighted by molar-refractivity contribution is 0.0698. The van der Waals surface area contributed by atoms with Gasteiger partial charge < -0.3 is 4.90 Å². The van der Waals surface area contributed by atoms with E-state index in [4.69, 9.17) is 0 Å². The molecular formula is C22H28N2O3S. The van der Waals surface area contributed by atoms with E-state index in [-0.39, 0.29) is 11.7 Å². The van der Waals surface area contributed by atoms with Gasteiger partial charge in [0.05, 0.1) is 5.75 Å². The Bertz CT molecular complexity index is 885. The summed E-state index contributed by atoms with van der Waals surface area (Å²) < 4.78 is 26.8. The van der Waals surface area contributed by atoms with Crippen molar-refractivity contribution in [2.24, 2.45) is 5.92 Å². The van der Waals surface area contributed by atoms with E-state index in [0.717, 1.165) is 12.0 Å². The average Bonchev–Trinajstić information content (AvgIpc) is 2.68. The van der Waals surface area contributed by atoms with Crippen molar-refractivity contribution in [3.63, 3.8) is 0 Å². The SMILES string of the molecule is CC(C)Cc1ccc(C(=O)N2CCN(S(=O)(=O)Cc3ccccc3)CC2)cc1. The molecule has 2 aromatic rings. The largest absolute Gasteiger partial charge is 0.336 e. The van der Waals surface area contributed by atoms with Crippen molar-refractivity contribution < 1.29 is 13.2 Å². The smallest absolute Gasteiger partial charge is 0.253 e. The fourth-order valence-electron chi connectivity index (χ4n) is 3.48. The zero-order valence-electron chi connectivity index (χ0n) is 16.5. The highest BCUT2D eigenvalue weighted by Crippen LogP contribution is 2.16. The molecule has 1 amide bonds. The maximum Gasteiger partial charge on any atom is 0.253 e. The first-order chi connectivity index (χ1) is 13.3. The molecule has 0 atom stereocenters. The number of nitrogens with zero attached hydrogens (tertiary/aromatic N) is 2. The van der Waals surface area contributed by atoms with E-state index in [1.807, 2.05) is 54.6 Å². The third-order valence-electron chi connectivity index (χ3n) is 4.96. The fraction of sp³-hybridized carbons (Fsp3) is 0.409. The van der Waals surface area contributed by atoms with E-state index in [2.05, 4.69) is 13.8 Å². The van der Waals surface area contributed by atoms with Crippen LogP contribution in [0, 0.1) is 5.92 Å². The standard InChI is InChI=1S/C22H28N2O3S/c1-18(2)16-19-8-10-21(11-9-19)22(25)23-12-14-24(15-13-23)28(26,27)17-20-6-4-3-5-7-20/h3-11,18H,12-17H2,1-2H3. The third kappa shape index (κ3) is 5.20. The first kappa shape index (κ1) is 20.6. The van der Waals surface area contributed by atoms with Crippen LogP contribution in [0.3, 0.4) is 0 Å². The zero-order chi connectivity index (χ0) is 20.1. The summed E-state index contributed by atoms with van der Waals surface area (Å²) in [5, 5.41) is 0. The number of piperazine rings is 1. The number of sulfonamides is 1. The fourth-order valence-corrected chi connectivity index (χ4v) is 5.00. The van der Waals surface area contributed by atoms with Gasteiger partial charge in [-0.15, -0.1) is 0 Å². The molecule has 150 valence electrons. The normalized spacial score (nSPS) is 15.8. The summed E-state index contributed by atoms with van der Waals surface area (Å²) >= 11 is 0. The molecule has 0 spiro atoms. The number of amides is 1. The highest BCUT2D eigenvalue weighted by molar-refractivity contribution is 7.88. The Morgan fingerprint density at radius 1 is 0.893 bits per heavy atom.